The number of aromatic carboxylic acids is 1. The van der Waals surface area contributed by atoms with Crippen LogP contribution in [0.1, 0.15) is 40.2 Å². The van der Waals surface area contributed by atoms with Gasteiger partial charge in [-0.25, -0.2) is 9.18 Å². The third-order valence-corrected chi connectivity index (χ3v) is 3.20. The molecule has 1 N–H and O–H groups in total. The first-order chi connectivity index (χ1) is 7.13. The van der Waals surface area contributed by atoms with E-state index in [0.29, 0.717) is 16.8 Å². The first-order valence-electron chi connectivity index (χ1n) is 4.75. The van der Waals surface area contributed by atoms with Gasteiger partial charge in [0.2, 0.25) is 0 Å². The Labute approximate surface area is 95.2 Å². The van der Waals surface area contributed by atoms with Crippen LogP contribution in [0.5, 0.6) is 0 Å². The van der Waals surface area contributed by atoms with Gasteiger partial charge in [0, 0.05) is 5.33 Å². The van der Waals surface area contributed by atoms with Gasteiger partial charge < -0.3 is 5.11 Å². The fraction of sp³-hybridized carbons (Fsp3) is 0.364. The summed E-state index contributed by atoms with van der Waals surface area (Å²) >= 11 is 3.16. The lowest BCUT2D eigenvalue weighted by Crippen LogP contribution is -2.04. The van der Waals surface area contributed by atoms with Gasteiger partial charge in [-0.15, -0.1) is 0 Å². The molecule has 0 atom stereocenters. The van der Waals surface area contributed by atoms with Crippen molar-refractivity contribution in [1.29, 1.82) is 0 Å². The lowest BCUT2D eigenvalue weighted by molar-refractivity contribution is 0.0691. The molecule has 4 heteroatoms. The molecule has 0 aromatic heterocycles. The van der Waals surface area contributed by atoms with Crippen molar-refractivity contribution in [3.63, 3.8) is 0 Å². The number of rotatable bonds is 3. The maximum atomic E-state index is 13.6. The summed E-state index contributed by atoms with van der Waals surface area (Å²) in [5, 5.41) is 9.20. The third-order valence-electron chi connectivity index (χ3n) is 2.59. The number of alkyl halides is 1. The Balaban J connectivity index is 2.52. The van der Waals surface area contributed by atoms with Crippen molar-refractivity contribution in [3.05, 3.63) is 34.6 Å². The van der Waals surface area contributed by atoms with Gasteiger partial charge in [0.1, 0.15) is 5.82 Å². The minimum Gasteiger partial charge on any atom is -0.478 e. The van der Waals surface area contributed by atoms with Crippen LogP contribution in [0.25, 0.3) is 0 Å². The zero-order valence-corrected chi connectivity index (χ0v) is 9.55. The summed E-state index contributed by atoms with van der Waals surface area (Å²) in [6, 6.07) is 3.22. The minimum atomic E-state index is -1.20. The van der Waals surface area contributed by atoms with Crippen molar-refractivity contribution in [3.8, 4) is 0 Å². The summed E-state index contributed by atoms with van der Waals surface area (Å²) in [7, 11) is 0. The van der Waals surface area contributed by atoms with Crippen LogP contribution >= 0.6 is 15.9 Å². The Hall–Kier alpha value is -0.900. The molecule has 1 saturated carbocycles. The SMILES string of the molecule is O=C(O)c1cc(C2CC2)cc(CBr)c1F. The Bertz CT molecular complexity index is 413. The Morgan fingerprint density at radius 3 is 2.67 bits per heavy atom. The molecule has 0 radical (unpaired) electrons. The van der Waals surface area contributed by atoms with Crippen molar-refractivity contribution in [2.75, 3.05) is 0 Å². The van der Waals surface area contributed by atoms with Gasteiger partial charge >= 0.3 is 5.97 Å². The van der Waals surface area contributed by atoms with Gasteiger partial charge in [-0.05, 0) is 36.0 Å². The number of carbonyl (C=O) groups is 1. The molecule has 0 spiro atoms. The van der Waals surface area contributed by atoms with E-state index in [4.69, 9.17) is 5.11 Å². The Morgan fingerprint density at radius 2 is 2.20 bits per heavy atom. The van der Waals surface area contributed by atoms with E-state index in [-0.39, 0.29) is 5.56 Å². The van der Waals surface area contributed by atoms with Crippen LogP contribution in [0.3, 0.4) is 0 Å². The smallest absolute Gasteiger partial charge is 0.338 e. The van der Waals surface area contributed by atoms with Gasteiger partial charge in [-0.3, -0.25) is 0 Å². The fourth-order valence-corrected chi connectivity index (χ4v) is 2.02. The average Bonchev–Trinajstić information content (AvgIpc) is 3.01. The van der Waals surface area contributed by atoms with Gasteiger partial charge in [0.05, 0.1) is 5.56 Å². The molecular formula is C11H10BrFO2. The molecule has 2 rings (SSSR count). The highest BCUT2D eigenvalue weighted by Gasteiger charge is 2.26. The molecule has 0 amide bonds. The Morgan fingerprint density at radius 1 is 1.53 bits per heavy atom. The van der Waals surface area contributed by atoms with E-state index in [1.807, 2.05) is 0 Å². The van der Waals surface area contributed by atoms with Crippen molar-refractivity contribution in [2.45, 2.75) is 24.1 Å². The highest BCUT2D eigenvalue weighted by molar-refractivity contribution is 9.08. The van der Waals surface area contributed by atoms with E-state index >= 15 is 0 Å². The molecule has 1 fully saturated rings. The number of carboxylic acid groups (broad SMARTS) is 1. The second kappa shape index (κ2) is 3.93. The molecule has 1 aromatic carbocycles. The van der Waals surface area contributed by atoms with Gasteiger partial charge in [0.15, 0.2) is 0 Å². The second-order valence-electron chi connectivity index (χ2n) is 3.75. The molecular weight excluding hydrogens is 263 g/mol. The summed E-state index contributed by atoms with van der Waals surface area (Å²) in [6.45, 7) is 0. The summed E-state index contributed by atoms with van der Waals surface area (Å²) in [5.41, 5.74) is 1.16. The van der Waals surface area contributed by atoms with E-state index in [0.717, 1.165) is 18.4 Å². The lowest BCUT2D eigenvalue weighted by Gasteiger charge is -2.07. The molecule has 0 aliphatic heterocycles. The summed E-state index contributed by atoms with van der Waals surface area (Å²) in [5.74, 6) is -1.39. The first-order valence-corrected chi connectivity index (χ1v) is 5.87. The van der Waals surface area contributed by atoms with E-state index in [1.54, 1.807) is 6.07 Å². The zero-order valence-electron chi connectivity index (χ0n) is 7.96. The second-order valence-corrected chi connectivity index (χ2v) is 4.32. The van der Waals surface area contributed by atoms with Crippen LogP contribution in [0, 0.1) is 5.82 Å². The Kier molecular flexibility index (Phi) is 2.78. The van der Waals surface area contributed by atoms with E-state index in [1.165, 1.54) is 6.07 Å². The standard InChI is InChI=1S/C11H10BrFO2/c12-5-8-3-7(6-1-2-6)4-9(10(8)13)11(14)15/h3-4,6H,1-2,5H2,(H,14,15). The lowest BCUT2D eigenvalue weighted by atomic mass is 10.0. The molecule has 15 heavy (non-hydrogen) atoms. The van der Waals surface area contributed by atoms with Crippen molar-refractivity contribution in [2.24, 2.45) is 0 Å². The molecule has 80 valence electrons. The third kappa shape index (κ3) is 2.04. The van der Waals surface area contributed by atoms with Crippen LogP contribution in [0.15, 0.2) is 12.1 Å². The molecule has 2 nitrogen and oxygen atoms in total. The average molecular weight is 273 g/mol. The molecule has 1 aliphatic rings. The molecule has 1 aliphatic carbocycles. The summed E-state index contributed by atoms with van der Waals surface area (Å²) < 4.78 is 13.6. The summed E-state index contributed by atoms with van der Waals surface area (Å²) in [4.78, 5) is 10.8. The van der Waals surface area contributed by atoms with Gasteiger partial charge in [-0.2, -0.15) is 0 Å². The normalized spacial score (nSPS) is 15.3. The monoisotopic (exact) mass is 272 g/mol. The largest absolute Gasteiger partial charge is 0.478 e. The first kappa shape index (κ1) is 10.6. The minimum absolute atomic E-state index is 0.214. The topological polar surface area (TPSA) is 37.3 Å². The molecule has 0 bridgehead atoms. The van der Waals surface area contributed by atoms with Crippen molar-refractivity contribution >= 4 is 21.9 Å². The number of hydrogen-bond donors (Lipinski definition) is 1. The summed E-state index contributed by atoms with van der Waals surface area (Å²) in [6.07, 6.45) is 2.15. The quantitative estimate of drug-likeness (QED) is 0.858. The maximum absolute atomic E-state index is 13.6. The predicted octanol–water partition coefficient (Wildman–Crippen LogP) is 3.30. The predicted molar refractivity (Wildman–Crippen MR) is 58.0 cm³/mol. The van der Waals surface area contributed by atoms with Crippen LogP contribution in [0.2, 0.25) is 0 Å². The number of carboxylic acids is 1. The van der Waals surface area contributed by atoms with Crippen LogP contribution in [0.4, 0.5) is 4.39 Å². The number of benzene rings is 1. The molecule has 0 unspecified atom stereocenters. The number of hydrogen-bond acceptors (Lipinski definition) is 1. The zero-order chi connectivity index (χ0) is 11.0. The van der Waals surface area contributed by atoms with E-state index < -0.39 is 11.8 Å². The number of halogens is 2. The van der Waals surface area contributed by atoms with E-state index in [2.05, 4.69) is 15.9 Å². The maximum Gasteiger partial charge on any atom is 0.338 e. The van der Waals surface area contributed by atoms with Gasteiger partial charge in [-0.1, -0.05) is 22.0 Å². The molecule has 0 heterocycles. The highest BCUT2D eigenvalue weighted by atomic mass is 79.9. The van der Waals surface area contributed by atoms with E-state index in [9.17, 15) is 9.18 Å². The van der Waals surface area contributed by atoms with Gasteiger partial charge in [0.25, 0.3) is 0 Å². The molecule has 0 saturated heterocycles. The van der Waals surface area contributed by atoms with Crippen molar-refractivity contribution in [1.82, 2.24) is 0 Å². The van der Waals surface area contributed by atoms with Crippen LogP contribution in [-0.4, -0.2) is 11.1 Å². The fourth-order valence-electron chi connectivity index (χ4n) is 1.61. The highest BCUT2D eigenvalue weighted by Crippen LogP contribution is 2.41. The van der Waals surface area contributed by atoms with Crippen molar-refractivity contribution < 1.29 is 14.3 Å². The van der Waals surface area contributed by atoms with Crippen LogP contribution in [-0.2, 0) is 5.33 Å². The van der Waals surface area contributed by atoms with Crippen LogP contribution < -0.4 is 0 Å². The molecule has 1 aromatic rings.